The molecule has 3 aromatic rings. The molecule has 0 atom stereocenters. The largest absolute Gasteiger partial charge is 0.397 e. The van der Waals surface area contributed by atoms with Crippen LogP contribution in [-0.2, 0) is 31.9 Å². The van der Waals surface area contributed by atoms with Crippen molar-refractivity contribution in [2.45, 2.75) is 32.0 Å². The first-order chi connectivity index (χ1) is 16.0. The Bertz CT molecular complexity index is 1150. The fraction of sp³-hybridized carbons (Fsp3) is 0.429. The van der Waals surface area contributed by atoms with Gasteiger partial charge in [-0.15, -0.1) is 0 Å². The number of anilines is 1. The summed E-state index contributed by atoms with van der Waals surface area (Å²) in [5.41, 5.74) is 8.04. The minimum atomic E-state index is -0.422. The van der Waals surface area contributed by atoms with Crippen LogP contribution < -0.4 is 11.3 Å². The van der Waals surface area contributed by atoms with E-state index >= 15 is 0 Å². The van der Waals surface area contributed by atoms with E-state index in [1.807, 2.05) is 0 Å². The third-order valence-electron chi connectivity index (χ3n) is 4.96. The van der Waals surface area contributed by atoms with Gasteiger partial charge in [-0.2, -0.15) is 0 Å². The molecular weight excluding hydrogens is 473 g/mol. The zero-order valence-corrected chi connectivity index (χ0v) is 19.2. The Balaban J connectivity index is 0.000000160. The van der Waals surface area contributed by atoms with Crippen molar-refractivity contribution in [3.8, 4) is 0 Å². The molecule has 0 aromatic carbocycles. The molecule has 0 amide bonds. The highest BCUT2D eigenvalue weighted by atomic mass is 35.5. The van der Waals surface area contributed by atoms with Crippen LogP contribution in [0.15, 0.2) is 35.3 Å². The molecule has 5 rings (SSSR count). The minimum absolute atomic E-state index is 0.120. The molecule has 10 nitrogen and oxygen atoms in total. The number of hydrogen-bond acceptors (Lipinski definition) is 9. The fourth-order valence-corrected chi connectivity index (χ4v) is 3.68. The summed E-state index contributed by atoms with van der Waals surface area (Å²) >= 11 is 11.6. The number of aryl methyl sites for hydroxylation is 1. The first-order valence-electron chi connectivity index (χ1n) is 10.4. The van der Waals surface area contributed by atoms with Crippen LogP contribution in [0.4, 0.5) is 5.69 Å². The van der Waals surface area contributed by atoms with Gasteiger partial charge in [0.05, 0.1) is 50.6 Å². The van der Waals surface area contributed by atoms with Gasteiger partial charge < -0.3 is 24.7 Å². The normalized spacial score (nSPS) is 16.8. The van der Waals surface area contributed by atoms with E-state index in [4.69, 9.17) is 47.9 Å². The summed E-state index contributed by atoms with van der Waals surface area (Å²) < 4.78 is 22.8. The maximum absolute atomic E-state index is 11.8. The summed E-state index contributed by atoms with van der Waals surface area (Å²) in [6.07, 6.45) is 2.20. The smallest absolute Gasteiger partial charge is 0.270 e. The predicted molar refractivity (Wildman–Crippen MR) is 122 cm³/mol. The van der Waals surface area contributed by atoms with Crippen LogP contribution in [-0.4, -0.2) is 58.5 Å². The summed E-state index contributed by atoms with van der Waals surface area (Å²) in [6.45, 7) is 2.70. The first-order valence-corrected chi connectivity index (χ1v) is 11.1. The van der Waals surface area contributed by atoms with Crippen LogP contribution in [0.1, 0.15) is 12.1 Å². The lowest BCUT2D eigenvalue weighted by atomic mass is 10.2. The number of ether oxygens (including phenoxy) is 4. The highest BCUT2D eigenvalue weighted by molar-refractivity contribution is 6.29. The highest BCUT2D eigenvalue weighted by Gasteiger charge is 2.19. The van der Waals surface area contributed by atoms with Crippen LogP contribution in [0.2, 0.25) is 10.3 Å². The number of hydrogen-bond donors (Lipinski definition) is 1. The van der Waals surface area contributed by atoms with Crippen LogP contribution in [0.25, 0.3) is 11.2 Å². The molecule has 2 fully saturated rings. The topological polar surface area (TPSA) is 124 Å². The molecule has 0 aliphatic carbocycles. The van der Waals surface area contributed by atoms with Gasteiger partial charge in [-0.3, -0.25) is 9.36 Å². The van der Waals surface area contributed by atoms with Gasteiger partial charge in [0.25, 0.3) is 5.56 Å². The lowest BCUT2D eigenvalue weighted by Crippen LogP contribution is -2.28. The van der Waals surface area contributed by atoms with E-state index < -0.39 is 6.29 Å². The molecule has 33 heavy (non-hydrogen) atoms. The molecule has 176 valence electrons. The molecule has 0 spiro atoms. The molecule has 0 unspecified atom stereocenters. The van der Waals surface area contributed by atoms with Gasteiger partial charge in [-0.1, -0.05) is 23.2 Å². The van der Waals surface area contributed by atoms with Gasteiger partial charge in [0, 0.05) is 6.42 Å². The Morgan fingerprint density at radius 1 is 0.939 bits per heavy atom. The molecule has 12 heteroatoms. The summed E-state index contributed by atoms with van der Waals surface area (Å²) in [5, 5.41) is 0.782. The quantitative estimate of drug-likeness (QED) is 0.531. The van der Waals surface area contributed by atoms with Gasteiger partial charge >= 0.3 is 0 Å². The third-order valence-corrected chi connectivity index (χ3v) is 5.38. The fourth-order valence-electron chi connectivity index (χ4n) is 3.37. The van der Waals surface area contributed by atoms with Gasteiger partial charge in [0.2, 0.25) is 0 Å². The van der Waals surface area contributed by atoms with E-state index in [9.17, 15) is 4.79 Å². The average molecular weight is 496 g/mol. The monoisotopic (exact) mass is 495 g/mol. The summed E-state index contributed by atoms with van der Waals surface area (Å²) in [6, 6.07) is 6.80. The van der Waals surface area contributed by atoms with E-state index in [0.717, 1.165) is 18.5 Å². The van der Waals surface area contributed by atoms with Crippen molar-refractivity contribution in [3.05, 3.63) is 56.8 Å². The third kappa shape index (κ3) is 6.38. The van der Waals surface area contributed by atoms with E-state index in [2.05, 4.69) is 15.0 Å². The molecular formula is C21H23Cl2N5O5. The Morgan fingerprint density at radius 2 is 1.58 bits per heavy atom. The van der Waals surface area contributed by atoms with Crippen LogP contribution in [0.3, 0.4) is 0 Å². The lowest BCUT2D eigenvalue weighted by molar-refractivity contribution is -0.0524. The number of fused-ring (bicyclic) bond motifs is 1. The zero-order chi connectivity index (χ0) is 23.2. The van der Waals surface area contributed by atoms with Crippen molar-refractivity contribution in [1.82, 2.24) is 19.5 Å². The van der Waals surface area contributed by atoms with Gasteiger partial charge in [0.15, 0.2) is 18.2 Å². The second-order valence-corrected chi connectivity index (χ2v) is 8.01. The van der Waals surface area contributed by atoms with Crippen LogP contribution >= 0.6 is 23.2 Å². The molecule has 0 bridgehead atoms. The van der Waals surface area contributed by atoms with Crippen LogP contribution in [0, 0.1) is 0 Å². The second-order valence-electron chi connectivity index (χ2n) is 7.23. The molecule has 0 radical (unpaired) electrons. The number of pyridine rings is 2. The summed E-state index contributed by atoms with van der Waals surface area (Å²) in [5.74, 6) is 0. The van der Waals surface area contributed by atoms with Gasteiger partial charge in [-0.05, 0) is 30.7 Å². The molecule has 5 heterocycles. The van der Waals surface area contributed by atoms with Crippen molar-refractivity contribution in [1.29, 1.82) is 0 Å². The van der Waals surface area contributed by atoms with Gasteiger partial charge in [0.1, 0.15) is 15.8 Å². The van der Waals surface area contributed by atoms with Crippen LogP contribution in [0.5, 0.6) is 0 Å². The second kappa shape index (κ2) is 11.2. The standard InChI is InChI=1S/C11H10ClN3O3.C10H13ClN2O2/c12-8-2-1-7-11(14-8)15(9(16)5-13-7)6-10-17-3-4-18-10;11-9-3-1-7(12)8(13-9)2-4-10-14-5-6-15-10/h1-2,5,10H,3-4,6H2;1,3,10H,2,4-6,12H2. The zero-order valence-electron chi connectivity index (χ0n) is 17.7. The van der Waals surface area contributed by atoms with E-state index in [0.29, 0.717) is 53.6 Å². The SMILES string of the molecule is Nc1ccc(Cl)nc1CCC1OCCO1.O=c1cnc2ccc(Cl)nc2n1CC1OCCO1. The van der Waals surface area contributed by atoms with Crippen molar-refractivity contribution >= 4 is 40.1 Å². The van der Waals surface area contributed by atoms with E-state index in [1.54, 1.807) is 24.3 Å². The predicted octanol–water partition coefficient (Wildman–Crippen LogP) is 2.44. The Kier molecular flexibility index (Phi) is 8.07. The molecule has 2 aliphatic rings. The summed E-state index contributed by atoms with van der Waals surface area (Å²) in [4.78, 5) is 24.2. The van der Waals surface area contributed by atoms with Crippen molar-refractivity contribution in [3.63, 3.8) is 0 Å². The number of nitrogens with two attached hydrogens (primary N) is 1. The molecule has 0 saturated carbocycles. The Labute approximate surface area is 199 Å². The maximum Gasteiger partial charge on any atom is 0.270 e. The lowest BCUT2D eigenvalue weighted by Gasteiger charge is -2.12. The van der Waals surface area contributed by atoms with E-state index in [1.165, 1.54) is 10.8 Å². The average Bonchev–Trinajstić information content (AvgIpc) is 3.51. The number of nitrogens with zero attached hydrogens (tertiary/aromatic N) is 4. The first kappa shape index (κ1) is 23.8. The molecule has 3 aromatic heterocycles. The Hall–Kier alpha value is -2.34. The highest BCUT2D eigenvalue weighted by Crippen LogP contribution is 2.18. The number of halogens is 2. The maximum atomic E-state index is 11.8. The van der Waals surface area contributed by atoms with Crippen molar-refractivity contribution < 1.29 is 18.9 Å². The van der Waals surface area contributed by atoms with Gasteiger partial charge in [-0.25, -0.2) is 15.0 Å². The number of rotatable bonds is 5. The minimum Gasteiger partial charge on any atom is -0.397 e. The van der Waals surface area contributed by atoms with Crippen molar-refractivity contribution in [2.24, 2.45) is 0 Å². The number of aromatic nitrogens is 4. The molecule has 2 saturated heterocycles. The Morgan fingerprint density at radius 3 is 2.30 bits per heavy atom. The summed E-state index contributed by atoms with van der Waals surface area (Å²) in [7, 11) is 0. The van der Waals surface area contributed by atoms with E-state index in [-0.39, 0.29) is 18.4 Å². The molecule has 2 N–H and O–H groups in total. The van der Waals surface area contributed by atoms with Crippen molar-refractivity contribution in [2.75, 3.05) is 32.2 Å². The number of nitrogen functional groups attached to an aromatic ring is 1. The molecule has 2 aliphatic heterocycles.